The van der Waals surface area contributed by atoms with Crippen LogP contribution in [0.15, 0.2) is 18.6 Å². The van der Waals surface area contributed by atoms with Crippen LogP contribution in [0.5, 0.6) is 0 Å². The molecule has 0 atom stereocenters. The average Bonchev–Trinajstić information content (AvgIpc) is 2.88. The van der Waals surface area contributed by atoms with Crippen molar-refractivity contribution in [2.75, 3.05) is 7.05 Å². The lowest BCUT2D eigenvalue weighted by atomic mass is 10.3. The molecule has 0 bridgehead atoms. The number of amides is 1. The molecular weight excluding hydrogens is 224 g/mol. The Morgan fingerprint density at radius 2 is 2.38 bits per heavy atom. The Bertz CT molecular complexity index is 477. The van der Waals surface area contributed by atoms with Crippen molar-refractivity contribution in [2.24, 2.45) is 0 Å². The third-order valence-corrected chi connectivity index (χ3v) is 3.05. The molecule has 1 amide bonds. The van der Waals surface area contributed by atoms with Crippen LogP contribution in [-0.2, 0) is 6.54 Å². The van der Waals surface area contributed by atoms with E-state index in [0.717, 1.165) is 9.88 Å². The predicted octanol–water partition coefficient (Wildman–Crippen LogP) is 1.45. The summed E-state index contributed by atoms with van der Waals surface area (Å²) < 4.78 is 0. The number of aromatic amines is 1. The molecule has 0 spiro atoms. The first-order chi connectivity index (χ1) is 7.66. The van der Waals surface area contributed by atoms with Gasteiger partial charge in [0.15, 0.2) is 0 Å². The van der Waals surface area contributed by atoms with E-state index in [1.807, 2.05) is 6.92 Å². The van der Waals surface area contributed by atoms with E-state index in [4.69, 9.17) is 0 Å². The van der Waals surface area contributed by atoms with E-state index in [9.17, 15) is 4.79 Å². The third-order valence-electron chi connectivity index (χ3n) is 2.15. The van der Waals surface area contributed by atoms with Gasteiger partial charge in [-0.3, -0.25) is 9.89 Å². The molecule has 5 nitrogen and oxygen atoms in total. The Labute approximate surface area is 97.1 Å². The van der Waals surface area contributed by atoms with Gasteiger partial charge in [-0.2, -0.15) is 5.10 Å². The summed E-state index contributed by atoms with van der Waals surface area (Å²) in [4.78, 5) is 18.8. The number of carbonyl (C=O) groups excluding carboxylic acids is 1. The van der Waals surface area contributed by atoms with Crippen LogP contribution in [0.3, 0.4) is 0 Å². The summed E-state index contributed by atoms with van der Waals surface area (Å²) in [6, 6.07) is 0. The third kappa shape index (κ3) is 2.27. The number of nitrogens with zero attached hydrogens (tertiary/aromatic N) is 3. The van der Waals surface area contributed by atoms with Crippen LogP contribution in [0.4, 0.5) is 0 Å². The van der Waals surface area contributed by atoms with Gasteiger partial charge >= 0.3 is 0 Å². The summed E-state index contributed by atoms with van der Waals surface area (Å²) in [6.07, 6.45) is 4.92. The summed E-state index contributed by atoms with van der Waals surface area (Å²) in [7, 11) is 1.77. The van der Waals surface area contributed by atoms with Gasteiger partial charge in [-0.05, 0) is 6.92 Å². The number of aromatic nitrogens is 3. The van der Waals surface area contributed by atoms with Crippen LogP contribution in [0.25, 0.3) is 0 Å². The van der Waals surface area contributed by atoms with Crippen LogP contribution in [0, 0.1) is 6.92 Å². The van der Waals surface area contributed by atoms with Gasteiger partial charge in [0.25, 0.3) is 5.91 Å². The lowest BCUT2D eigenvalue weighted by Crippen LogP contribution is -2.25. The Morgan fingerprint density at radius 3 is 2.94 bits per heavy atom. The average molecular weight is 236 g/mol. The fourth-order valence-corrected chi connectivity index (χ4v) is 2.22. The zero-order chi connectivity index (χ0) is 11.5. The van der Waals surface area contributed by atoms with E-state index in [1.54, 1.807) is 35.7 Å². The highest BCUT2D eigenvalue weighted by atomic mass is 32.1. The second-order valence-electron chi connectivity index (χ2n) is 3.49. The maximum Gasteiger partial charge on any atom is 0.257 e. The summed E-state index contributed by atoms with van der Waals surface area (Å²) in [5, 5.41) is 7.39. The van der Waals surface area contributed by atoms with Gasteiger partial charge in [0, 0.05) is 24.3 Å². The number of carbonyl (C=O) groups is 1. The second kappa shape index (κ2) is 4.44. The smallest absolute Gasteiger partial charge is 0.257 e. The minimum Gasteiger partial charge on any atom is -0.336 e. The molecule has 0 unspecified atom stereocenters. The van der Waals surface area contributed by atoms with E-state index in [2.05, 4.69) is 15.2 Å². The molecule has 16 heavy (non-hydrogen) atoms. The lowest BCUT2D eigenvalue weighted by molar-refractivity contribution is 0.0786. The van der Waals surface area contributed by atoms with Crippen LogP contribution in [0.1, 0.15) is 20.2 Å². The molecule has 6 heteroatoms. The molecular formula is C10H12N4OS. The second-order valence-corrected chi connectivity index (χ2v) is 4.81. The molecule has 1 N–H and O–H groups in total. The normalized spacial score (nSPS) is 10.4. The quantitative estimate of drug-likeness (QED) is 0.877. The molecule has 0 radical (unpaired) electrons. The SMILES string of the molecule is Cc1ncc(CN(C)C(=O)c2cn[nH]c2)s1. The minimum atomic E-state index is -0.0418. The Kier molecular flexibility index (Phi) is 3.00. The highest BCUT2D eigenvalue weighted by Gasteiger charge is 2.13. The van der Waals surface area contributed by atoms with Gasteiger partial charge in [-0.15, -0.1) is 11.3 Å². The largest absolute Gasteiger partial charge is 0.336 e. The predicted molar refractivity (Wildman–Crippen MR) is 61.2 cm³/mol. The molecule has 0 aliphatic carbocycles. The van der Waals surface area contributed by atoms with E-state index in [1.165, 1.54) is 6.20 Å². The topological polar surface area (TPSA) is 61.9 Å². The molecule has 2 rings (SSSR count). The Hall–Kier alpha value is -1.69. The van der Waals surface area contributed by atoms with Gasteiger partial charge in [0.05, 0.1) is 23.3 Å². The first kappa shape index (κ1) is 10.8. The van der Waals surface area contributed by atoms with Crippen molar-refractivity contribution < 1.29 is 4.79 Å². The van der Waals surface area contributed by atoms with Crippen LogP contribution < -0.4 is 0 Å². The maximum absolute atomic E-state index is 11.9. The van der Waals surface area contributed by atoms with Gasteiger partial charge in [0.1, 0.15) is 0 Å². The van der Waals surface area contributed by atoms with Crippen molar-refractivity contribution in [3.63, 3.8) is 0 Å². The van der Waals surface area contributed by atoms with Crippen molar-refractivity contribution in [3.05, 3.63) is 34.0 Å². The first-order valence-electron chi connectivity index (χ1n) is 4.82. The number of H-pyrrole nitrogens is 1. The Morgan fingerprint density at radius 1 is 1.56 bits per heavy atom. The number of rotatable bonds is 3. The molecule has 2 aromatic heterocycles. The van der Waals surface area contributed by atoms with Gasteiger partial charge in [-0.1, -0.05) is 0 Å². The number of aryl methyl sites for hydroxylation is 1. The number of nitrogens with one attached hydrogen (secondary N) is 1. The minimum absolute atomic E-state index is 0.0418. The van der Waals surface area contributed by atoms with Crippen LogP contribution >= 0.6 is 11.3 Å². The van der Waals surface area contributed by atoms with E-state index >= 15 is 0 Å². The standard InChI is InChI=1S/C10H12N4OS/c1-7-11-5-9(16-7)6-14(2)10(15)8-3-12-13-4-8/h3-5H,6H2,1-2H3,(H,12,13). The van der Waals surface area contributed by atoms with Crippen LogP contribution in [-0.4, -0.2) is 33.0 Å². The number of thiazole rings is 1. The molecule has 0 aromatic carbocycles. The number of hydrogen-bond donors (Lipinski definition) is 1. The summed E-state index contributed by atoms with van der Waals surface area (Å²) in [6.45, 7) is 2.53. The van der Waals surface area contributed by atoms with Crippen molar-refractivity contribution in [2.45, 2.75) is 13.5 Å². The molecule has 0 saturated heterocycles. The van der Waals surface area contributed by atoms with E-state index in [0.29, 0.717) is 12.1 Å². The molecule has 0 saturated carbocycles. The highest BCUT2D eigenvalue weighted by Crippen LogP contribution is 2.14. The summed E-state index contributed by atoms with van der Waals surface area (Å²) in [5.41, 5.74) is 0.573. The Balaban J connectivity index is 2.03. The molecule has 0 aliphatic heterocycles. The molecule has 2 heterocycles. The monoisotopic (exact) mass is 236 g/mol. The summed E-state index contributed by atoms with van der Waals surface area (Å²) in [5.74, 6) is -0.0418. The van der Waals surface area contributed by atoms with Crippen LogP contribution in [0.2, 0.25) is 0 Å². The summed E-state index contributed by atoms with van der Waals surface area (Å²) >= 11 is 1.60. The van der Waals surface area contributed by atoms with Crippen molar-refractivity contribution >= 4 is 17.2 Å². The van der Waals surface area contributed by atoms with Crippen molar-refractivity contribution in [3.8, 4) is 0 Å². The van der Waals surface area contributed by atoms with Gasteiger partial charge in [0.2, 0.25) is 0 Å². The first-order valence-corrected chi connectivity index (χ1v) is 5.64. The van der Waals surface area contributed by atoms with Crippen molar-refractivity contribution in [1.82, 2.24) is 20.1 Å². The number of hydrogen-bond acceptors (Lipinski definition) is 4. The highest BCUT2D eigenvalue weighted by molar-refractivity contribution is 7.11. The van der Waals surface area contributed by atoms with Crippen molar-refractivity contribution in [1.29, 1.82) is 0 Å². The van der Waals surface area contributed by atoms with Gasteiger partial charge in [-0.25, -0.2) is 4.98 Å². The van der Waals surface area contributed by atoms with E-state index < -0.39 is 0 Å². The maximum atomic E-state index is 11.9. The molecule has 0 fully saturated rings. The zero-order valence-corrected chi connectivity index (χ0v) is 9.91. The zero-order valence-electron chi connectivity index (χ0n) is 9.10. The fraction of sp³-hybridized carbons (Fsp3) is 0.300. The molecule has 2 aromatic rings. The fourth-order valence-electron chi connectivity index (χ4n) is 1.37. The molecule has 0 aliphatic rings. The van der Waals surface area contributed by atoms with E-state index in [-0.39, 0.29) is 5.91 Å². The van der Waals surface area contributed by atoms with Gasteiger partial charge < -0.3 is 4.90 Å². The molecule has 84 valence electrons. The lowest BCUT2D eigenvalue weighted by Gasteiger charge is -2.14.